The van der Waals surface area contributed by atoms with Crippen LogP contribution in [0, 0.1) is 11.6 Å². The SMILES string of the molecule is CCc1sc(N2CCC(N3CCCCC3)CC2)nc1C(=O)NCc1ncc(F)cc1F. The van der Waals surface area contributed by atoms with Crippen molar-refractivity contribution in [2.24, 2.45) is 0 Å². The lowest BCUT2D eigenvalue weighted by Crippen LogP contribution is -2.46. The predicted molar refractivity (Wildman–Crippen MR) is 117 cm³/mol. The fourth-order valence-corrected chi connectivity index (χ4v) is 5.47. The first-order chi connectivity index (χ1) is 15.0. The number of rotatable bonds is 6. The molecule has 0 radical (unpaired) electrons. The number of aromatic nitrogens is 2. The van der Waals surface area contributed by atoms with E-state index < -0.39 is 11.6 Å². The highest BCUT2D eigenvalue weighted by Gasteiger charge is 2.28. The Kier molecular flexibility index (Phi) is 7.12. The molecule has 4 rings (SSSR count). The molecule has 2 aromatic rings. The first-order valence-electron chi connectivity index (χ1n) is 11.1. The molecule has 2 aliphatic heterocycles. The molecule has 0 aliphatic carbocycles. The molecule has 1 N–H and O–H groups in total. The van der Waals surface area contributed by atoms with Crippen molar-refractivity contribution < 1.29 is 13.6 Å². The highest BCUT2D eigenvalue weighted by molar-refractivity contribution is 7.15. The number of likely N-dealkylation sites (tertiary alicyclic amines) is 1. The van der Waals surface area contributed by atoms with Crippen LogP contribution in [0.25, 0.3) is 0 Å². The molecule has 168 valence electrons. The van der Waals surface area contributed by atoms with Gasteiger partial charge in [0.25, 0.3) is 5.91 Å². The van der Waals surface area contributed by atoms with Gasteiger partial charge in [0.2, 0.25) is 0 Å². The number of nitrogens with one attached hydrogen (secondary N) is 1. The van der Waals surface area contributed by atoms with Crippen molar-refractivity contribution in [3.05, 3.63) is 40.2 Å². The summed E-state index contributed by atoms with van der Waals surface area (Å²) in [6.45, 7) is 6.22. The molecule has 0 saturated carbocycles. The molecule has 2 aliphatic rings. The van der Waals surface area contributed by atoms with E-state index in [0.29, 0.717) is 18.2 Å². The van der Waals surface area contributed by atoms with Crippen molar-refractivity contribution in [3.63, 3.8) is 0 Å². The van der Waals surface area contributed by atoms with E-state index in [1.54, 1.807) is 11.3 Å². The summed E-state index contributed by atoms with van der Waals surface area (Å²) in [5.74, 6) is -1.87. The molecule has 0 bridgehead atoms. The molecule has 2 saturated heterocycles. The summed E-state index contributed by atoms with van der Waals surface area (Å²) in [5, 5.41) is 3.55. The van der Waals surface area contributed by atoms with Crippen molar-refractivity contribution in [2.75, 3.05) is 31.1 Å². The number of hydrogen-bond donors (Lipinski definition) is 1. The summed E-state index contributed by atoms with van der Waals surface area (Å²) >= 11 is 1.56. The molecule has 2 fully saturated rings. The van der Waals surface area contributed by atoms with Crippen LogP contribution in [-0.2, 0) is 13.0 Å². The molecule has 0 aromatic carbocycles. The van der Waals surface area contributed by atoms with E-state index in [-0.39, 0.29) is 18.1 Å². The zero-order valence-electron chi connectivity index (χ0n) is 17.9. The summed E-state index contributed by atoms with van der Waals surface area (Å²) in [4.78, 5) is 26.9. The van der Waals surface area contributed by atoms with Crippen LogP contribution < -0.4 is 10.2 Å². The summed E-state index contributed by atoms with van der Waals surface area (Å²) in [6.07, 6.45) is 7.86. The molecular formula is C22H29F2N5OS. The smallest absolute Gasteiger partial charge is 0.271 e. The highest BCUT2D eigenvalue weighted by atomic mass is 32.1. The van der Waals surface area contributed by atoms with E-state index >= 15 is 0 Å². The Labute approximate surface area is 185 Å². The maximum absolute atomic E-state index is 13.8. The summed E-state index contributed by atoms with van der Waals surface area (Å²) in [6, 6.07) is 1.42. The molecule has 0 unspecified atom stereocenters. The summed E-state index contributed by atoms with van der Waals surface area (Å²) in [5.41, 5.74) is 0.395. The molecule has 9 heteroatoms. The largest absolute Gasteiger partial charge is 0.348 e. The van der Waals surface area contributed by atoms with E-state index in [1.807, 2.05) is 6.92 Å². The number of amides is 1. The van der Waals surface area contributed by atoms with Crippen LogP contribution in [-0.4, -0.2) is 53.0 Å². The standard InChI is InChI=1S/C22H29F2N5OS/c1-2-19-20(21(30)26-14-18-17(24)12-15(23)13-25-18)27-22(31-19)29-10-6-16(7-11-29)28-8-4-3-5-9-28/h12-13,16H,2-11,14H2,1H3,(H,26,30). The minimum Gasteiger partial charge on any atom is -0.348 e. The zero-order valence-corrected chi connectivity index (χ0v) is 18.7. The lowest BCUT2D eigenvalue weighted by molar-refractivity contribution is 0.0945. The van der Waals surface area contributed by atoms with E-state index in [1.165, 1.54) is 32.4 Å². The third-order valence-electron chi connectivity index (χ3n) is 6.16. The van der Waals surface area contributed by atoms with Gasteiger partial charge in [0.15, 0.2) is 5.13 Å². The minimum atomic E-state index is -0.772. The van der Waals surface area contributed by atoms with Gasteiger partial charge in [-0.15, -0.1) is 11.3 Å². The van der Waals surface area contributed by atoms with Crippen LogP contribution in [0.3, 0.4) is 0 Å². The van der Waals surface area contributed by atoms with Crippen LogP contribution >= 0.6 is 11.3 Å². The molecule has 2 aromatic heterocycles. The number of nitrogens with zero attached hydrogens (tertiary/aromatic N) is 4. The van der Waals surface area contributed by atoms with E-state index in [9.17, 15) is 13.6 Å². The van der Waals surface area contributed by atoms with Crippen molar-refractivity contribution in [2.45, 2.75) is 58.0 Å². The Morgan fingerprint density at radius 2 is 1.94 bits per heavy atom. The van der Waals surface area contributed by atoms with Gasteiger partial charge in [0.1, 0.15) is 17.3 Å². The number of pyridine rings is 1. The van der Waals surface area contributed by atoms with Gasteiger partial charge in [-0.25, -0.2) is 13.8 Å². The fraction of sp³-hybridized carbons (Fsp3) is 0.591. The highest BCUT2D eigenvalue weighted by Crippen LogP contribution is 2.30. The number of anilines is 1. The number of carbonyl (C=O) groups is 1. The Bertz CT molecular complexity index is 907. The van der Waals surface area contributed by atoms with Gasteiger partial charge in [0.05, 0.1) is 18.4 Å². The molecule has 31 heavy (non-hydrogen) atoms. The molecule has 0 spiro atoms. The quantitative estimate of drug-likeness (QED) is 0.728. The van der Waals surface area contributed by atoms with Crippen LogP contribution in [0.1, 0.15) is 60.1 Å². The number of piperidine rings is 2. The average molecular weight is 450 g/mol. The Balaban J connectivity index is 1.37. The van der Waals surface area contributed by atoms with Crippen LogP contribution in [0.5, 0.6) is 0 Å². The van der Waals surface area contributed by atoms with Crippen LogP contribution in [0.15, 0.2) is 12.3 Å². The number of aryl methyl sites for hydroxylation is 1. The Morgan fingerprint density at radius 3 is 2.61 bits per heavy atom. The first kappa shape index (κ1) is 22.1. The van der Waals surface area contributed by atoms with Gasteiger partial charge in [0, 0.05) is 30.1 Å². The second kappa shape index (κ2) is 9.99. The average Bonchev–Trinajstić information content (AvgIpc) is 3.24. The third-order valence-corrected chi connectivity index (χ3v) is 7.43. The van der Waals surface area contributed by atoms with E-state index in [0.717, 1.165) is 48.2 Å². The molecule has 1 amide bonds. The van der Waals surface area contributed by atoms with Gasteiger partial charge in [-0.2, -0.15) is 0 Å². The number of hydrogen-bond acceptors (Lipinski definition) is 6. The summed E-state index contributed by atoms with van der Waals surface area (Å²) < 4.78 is 26.8. The predicted octanol–water partition coefficient (Wildman–Crippen LogP) is 3.76. The van der Waals surface area contributed by atoms with Crippen LogP contribution in [0.4, 0.5) is 13.9 Å². The minimum absolute atomic E-state index is 0.00281. The van der Waals surface area contributed by atoms with Gasteiger partial charge < -0.3 is 15.1 Å². The molecular weight excluding hydrogens is 420 g/mol. The van der Waals surface area contributed by atoms with Crippen molar-refractivity contribution in [3.8, 4) is 0 Å². The number of thiazole rings is 1. The zero-order chi connectivity index (χ0) is 21.8. The Hall–Kier alpha value is -2.13. The van der Waals surface area contributed by atoms with Gasteiger partial charge >= 0.3 is 0 Å². The van der Waals surface area contributed by atoms with Crippen molar-refractivity contribution >= 4 is 22.4 Å². The Morgan fingerprint density at radius 1 is 1.19 bits per heavy atom. The number of halogens is 2. The van der Waals surface area contributed by atoms with Gasteiger partial charge in [-0.05, 0) is 45.2 Å². The monoisotopic (exact) mass is 449 g/mol. The third kappa shape index (κ3) is 5.20. The topological polar surface area (TPSA) is 61.4 Å². The molecule has 4 heterocycles. The first-order valence-corrected chi connectivity index (χ1v) is 11.9. The van der Waals surface area contributed by atoms with Crippen molar-refractivity contribution in [1.82, 2.24) is 20.2 Å². The summed E-state index contributed by atoms with van der Waals surface area (Å²) in [7, 11) is 0. The van der Waals surface area contributed by atoms with Crippen LogP contribution in [0.2, 0.25) is 0 Å². The molecule has 0 atom stereocenters. The van der Waals surface area contributed by atoms with Crippen molar-refractivity contribution in [1.29, 1.82) is 0 Å². The second-order valence-corrected chi connectivity index (χ2v) is 9.26. The van der Waals surface area contributed by atoms with Gasteiger partial charge in [-0.1, -0.05) is 13.3 Å². The second-order valence-electron chi connectivity index (χ2n) is 8.20. The fourth-order valence-electron chi connectivity index (χ4n) is 4.42. The number of carbonyl (C=O) groups excluding carboxylic acids is 1. The lowest BCUT2D eigenvalue weighted by Gasteiger charge is -2.40. The maximum atomic E-state index is 13.8. The van der Waals surface area contributed by atoms with Gasteiger partial charge in [-0.3, -0.25) is 9.78 Å². The maximum Gasteiger partial charge on any atom is 0.271 e. The van der Waals surface area contributed by atoms with E-state index in [4.69, 9.17) is 0 Å². The normalized spacial score (nSPS) is 18.4. The molecule has 6 nitrogen and oxygen atoms in total. The lowest BCUT2D eigenvalue weighted by atomic mass is 10.0. The van der Waals surface area contributed by atoms with E-state index in [2.05, 4.69) is 25.1 Å².